The van der Waals surface area contributed by atoms with Gasteiger partial charge in [0.1, 0.15) is 11.2 Å². The standard InChI is InChI=1S/C52H35NO/c1-4-14-36(15-5-1)38-24-26-39(27-25-38)41-30-34-44(35-31-41)53(43-32-28-40(29-33-43)37-16-6-2-7-17-37)51-49(42-18-8-3-9-19-42)45-20-10-11-21-46(45)52-50(51)47-22-12-13-23-48(47)54-52/h1-35H. The minimum Gasteiger partial charge on any atom is -0.455 e. The van der Waals surface area contributed by atoms with Gasteiger partial charge in [0, 0.05) is 27.7 Å². The number of fused-ring (bicyclic) bond motifs is 5. The van der Waals surface area contributed by atoms with Crippen LogP contribution in [0, 0.1) is 0 Å². The lowest BCUT2D eigenvalue weighted by Gasteiger charge is -2.30. The Labute approximate surface area is 314 Å². The number of furan rings is 1. The van der Waals surface area contributed by atoms with Crippen LogP contribution in [-0.4, -0.2) is 0 Å². The van der Waals surface area contributed by atoms with Gasteiger partial charge in [-0.3, -0.25) is 0 Å². The van der Waals surface area contributed by atoms with Gasteiger partial charge in [0.15, 0.2) is 0 Å². The SMILES string of the molecule is c1ccc(-c2ccc(-c3ccc(N(c4ccc(-c5ccccc5)cc4)c4c(-c5ccccc5)c5ccccc5c5oc6ccccc6c45)cc3)cc2)cc1. The normalized spacial score (nSPS) is 11.3. The smallest absolute Gasteiger partial charge is 0.145 e. The molecule has 0 amide bonds. The Balaban J connectivity index is 1.21. The molecule has 0 aliphatic heterocycles. The first kappa shape index (κ1) is 31.6. The molecule has 0 saturated carbocycles. The number of para-hydroxylation sites is 1. The van der Waals surface area contributed by atoms with Crippen molar-refractivity contribution in [1.82, 2.24) is 0 Å². The van der Waals surface area contributed by atoms with E-state index in [4.69, 9.17) is 4.42 Å². The summed E-state index contributed by atoms with van der Waals surface area (Å²) in [5, 5.41) is 4.42. The van der Waals surface area contributed by atoms with Crippen LogP contribution in [0.15, 0.2) is 217 Å². The summed E-state index contributed by atoms with van der Waals surface area (Å²) in [6, 6.07) is 75.8. The van der Waals surface area contributed by atoms with E-state index < -0.39 is 0 Å². The maximum absolute atomic E-state index is 6.79. The molecule has 1 heterocycles. The molecule has 1 aromatic heterocycles. The molecule has 9 aromatic carbocycles. The topological polar surface area (TPSA) is 16.4 Å². The van der Waals surface area contributed by atoms with E-state index in [1.54, 1.807) is 0 Å². The Morgan fingerprint density at radius 3 is 1.17 bits per heavy atom. The van der Waals surface area contributed by atoms with Crippen LogP contribution in [0.25, 0.3) is 77.2 Å². The Morgan fingerprint density at radius 1 is 0.296 bits per heavy atom. The summed E-state index contributed by atoms with van der Waals surface area (Å²) in [4.78, 5) is 2.43. The molecule has 10 aromatic rings. The van der Waals surface area contributed by atoms with Gasteiger partial charge in [0.2, 0.25) is 0 Å². The highest BCUT2D eigenvalue weighted by Gasteiger charge is 2.27. The zero-order valence-electron chi connectivity index (χ0n) is 29.6. The molecule has 54 heavy (non-hydrogen) atoms. The van der Waals surface area contributed by atoms with Crippen LogP contribution in [-0.2, 0) is 0 Å². The third-order valence-corrected chi connectivity index (χ3v) is 10.5. The molecule has 0 radical (unpaired) electrons. The first-order valence-electron chi connectivity index (χ1n) is 18.4. The lowest BCUT2D eigenvalue weighted by molar-refractivity contribution is 0.672. The maximum Gasteiger partial charge on any atom is 0.145 e. The molecule has 2 nitrogen and oxygen atoms in total. The van der Waals surface area contributed by atoms with Crippen LogP contribution in [0.4, 0.5) is 17.1 Å². The highest BCUT2D eigenvalue weighted by Crippen LogP contribution is 2.52. The van der Waals surface area contributed by atoms with E-state index in [-0.39, 0.29) is 0 Å². The number of nitrogens with zero attached hydrogens (tertiary/aromatic N) is 1. The van der Waals surface area contributed by atoms with Crippen LogP contribution < -0.4 is 4.90 Å². The molecule has 0 unspecified atom stereocenters. The molecule has 0 spiro atoms. The van der Waals surface area contributed by atoms with Gasteiger partial charge in [-0.2, -0.15) is 0 Å². The van der Waals surface area contributed by atoms with E-state index in [1.807, 2.05) is 0 Å². The van der Waals surface area contributed by atoms with Crippen LogP contribution >= 0.6 is 0 Å². The second kappa shape index (κ2) is 13.4. The lowest BCUT2D eigenvalue weighted by Crippen LogP contribution is -2.12. The van der Waals surface area contributed by atoms with Crippen molar-refractivity contribution in [3.8, 4) is 44.5 Å². The van der Waals surface area contributed by atoms with Crippen molar-refractivity contribution in [3.63, 3.8) is 0 Å². The van der Waals surface area contributed by atoms with Crippen molar-refractivity contribution in [3.05, 3.63) is 212 Å². The first-order valence-corrected chi connectivity index (χ1v) is 18.4. The molecule has 2 heteroatoms. The van der Waals surface area contributed by atoms with Crippen molar-refractivity contribution in [2.45, 2.75) is 0 Å². The zero-order valence-corrected chi connectivity index (χ0v) is 29.6. The molecule has 0 atom stereocenters. The average molecular weight is 690 g/mol. The molecule has 0 aliphatic carbocycles. The quantitative estimate of drug-likeness (QED) is 0.166. The van der Waals surface area contributed by atoms with Crippen molar-refractivity contribution in [2.75, 3.05) is 4.90 Å². The summed E-state index contributed by atoms with van der Waals surface area (Å²) in [5.41, 5.74) is 14.4. The van der Waals surface area contributed by atoms with Gasteiger partial charge in [0.25, 0.3) is 0 Å². The van der Waals surface area contributed by atoms with E-state index >= 15 is 0 Å². The summed E-state index contributed by atoms with van der Waals surface area (Å²) >= 11 is 0. The largest absolute Gasteiger partial charge is 0.455 e. The van der Waals surface area contributed by atoms with Gasteiger partial charge < -0.3 is 9.32 Å². The number of benzene rings is 9. The monoisotopic (exact) mass is 689 g/mol. The highest BCUT2D eigenvalue weighted by atomic mass is 16.3. The van der Waals surface area contributed by atoms with Gasteiger partial charge in [-0.15, -0.1) is 0 Å². The molecular formula is C52H35NO. The van der Waals surface area contributed by atoms with Crippen molar-refractivity contribution in [1.29, 1.82) is 0 Å². The van der Waals surface area contributed by atoms with E-state index in [9.17, 15) is 0 Å². The molecule has 254 valence electrons. The predicted molar refractivity (Wildman–Crippen MR) is 228 cm³/mol. The Kier molecular flexibility index (Phi) is 7.85. The molecular weight excluding hydrogens is 655 g/mol. The van der Waals surface area contributed by atoms with Gasteiger partial charge in [0.05, 0.1) is 11.1 Å². The van der Waals surface area contributed by atoms with Crippen molar-refractivity contribution >= 4 is 49.8 Å². The Hall–Kier alpha value is -7.16. The molecule has 10 rings (SSSR count). The molecule has 0 aliphatic rings. The third kappa shape index (κ3) is 5.53. The Morgan fingerprint density at radius 2 is 0.667 bits per heavy atom. The van der Waals surface area contributed by atoms with Crippen LogP contribution in [0.2, 0.25) is 0 Å². The van der Waals surface area contributed by atoms with Crippen molar-refractivity contribution in [2.24, 2.45) is 0 Å². The number of hydrogen-bond donors (Lipinski definition) is 0. The van der Waals surface area contributed by atoms with Crippen LogP contribution in [0.3, 0.4) is 0 Å². The summed E-state index contributed by atoms with van der Waals surface area (Å²) in [5.74, 6) is 0. The van der Waals surface area contributed by atoms with Gasteiger partial charge in [-0.1, -0.05) is 182 Å². The summed E-state index contributed by atoms with van der Waals surface area (Å²) in [6.45, 7) is 0. The average Bonchev–Trinajstić information content (AvgIpc) is 3.65. The van der Waals surface area contributed by atoms with E-state index in [1.165, 1.54) is 33.4 Å². The minimum absolute atomic E-state index is 0.873. The minimum atomic E-state index is 0.873. The first-order chi connectivity index (χ1) is 26.8. The van der Waals surface area contributed by atoms with E-state index in [2.05, 4.69) is 217 Å². The fraction of sp³-hybridized carbons (Fsp3) is 0. The van der Waals surface area contributed by atoms with Crippen molar-refractivity contribution < 1.29 is 4.42 Å². The highest BCUT2D eigenvalue weighted by molar-refractivity contribution is 6.27. The second-order valence-electron chi connectivity index (χ2n) is 13.7. The fourth-order valence-corrected chi connectivity index (χ4v) is 7.87. The summed E-state index contributed by atoms with van der Waals surface area (Å²) in [7, 11) is 0. The maximum atomic E-state index is 6.79. The lowest BCUT2D eigenvalue weighted by atomic mass is 9.91. The molecule has 0 bridgehead atoms. The molecule has 0 saturated heterocycles. The molecule has 0 fully saturated rings. The number of anilines is 3. The van der Waals surface area contributed by atoms with Crippen LogP contribution in [0.1, 0.15) is 0 Å². The number of hydrogen-bond acceptors (Lipinski definition) is 2. The van der Waals surface area contributed by atoms with Crippen LogP contribution in [0.5, 0.6) is 0 Å². The fourth-order valence-electron chi connectivity index (χ4n) is 7.87. The third-order valence-electron chi connectivity index (χ3n) is 10.5. The van der Waals surface area contributed by atoms with Gasteiger partial charge in [-0.25, -0.2) is 0 Å². The second-order valence-corrected chi connectivity index (χ2v) is 13.7. The van der Waals surface area contributed by atoms with Gasteiger partial charge >= 0.3 is 0 Å². The predicted octanol–water partition coefficient (Wildman–Crippen LogP) is 14.9. The van der Waals surface area contributed by atoms with E-state index in [0.29, 0.717) is 0 Å². The summed E-state index contributed by atoms with van der Waals surface area (Å²) < 4.78 is 6.79. The van der Waals surface area contributed by atoms with E-state index in [0.717, 1.165) is 60.9 Å². The Bertz CT molecular complexity index is 2880. The van der Waals surface area contributed by atoms with Gasteiger partial charge in [-0.05, 0) is 74.7 Å². The molecule has 0 N–H and O–H groups in total. The zero-order chi connectivity index (χ0) is 35.8. The number of rotatable bonds is 7. The summed E-state index contributed by atoms with van der Waals surface area (Å²) in [6.07, 6.45) is 0.